The van der Waals surface area contributed by atoms with Crippen molar-refractivity contribution in [1.29, 1.82) is 0 Å². The maximum absolute atomic E-state index is 6.29. The standard InChI is InChI=1S/C13H22O/c1-3-7-12-10(5-1)9-11-6-2-4-8-13(11)14-12/h10-13H,1-9H2/t10-,11-,12+,13+/m0/s1. The first-order valence-corrected chi connectivity index (χ1v) is 6.59. The summed E-state index contributed by atoms with van der Waals surface area (Å²) in [6.45, 7) is 0. The van der Waals surface area contributed by atoms with E-state index in [0.717, 1.165) is 11.8 Å². The molecule has 0 aromatic heterocycles. The van der Waals surface area contributed by atoms with E-state index in [9.17, 15) is 0 Å². The van der Waals surface area contributed by atoms with Crippen LogP contribution in [0.3, 0.4) is 0 Å². The molecule has 0 spiro atoms. The van der Waals surface area contributed by atoms with E-state index in [1.807, 2.05) is 0 Å². The van der Waals surface area contributed by atoms with E-state index in [1.54, 1.807) is 0 Å². The molecule has 14 heavy (non-hydrogen) atoms. The molecule has 3 rings (SSSR count). The van der Waals surface area contributed by atoms with Gasteiger partial charge in [-0.2, -0.15) is 0 Å². The van der Waals surface area contributed by atoms with Crippen LogP contribution in [0.1, 0.15) is 57.8 Å². The molecule has 0 radical (unpaired) electrons. The molecule has 0 unspecified atom stereocenters. The molecule has 3 fully saturated rings. The van der Waals surface area contributed by atoms with Crippen molar-refractivity contribution >= 4 is 0 Å². The minimum Gasteiger partial charge on any atom is -0.374 e. The first-order valence-electron chi connectivity index (χ1n) is 6.59. The molecule has 1 heteroatoms. The molecule has 0 bridgehead atoms. The highest BCUT2D eigenvalue weighted by Gasteiger charge is 2.39. The first-order chi connectivity index (χ1) is 6.93. The van der Waals surface area contributed by atoms with E-state index in [4.69, 9.17) is 4.74 Å². The number of hydrogen-bond donors (Lipinski definition) is 0. The van der Waals surface area contributed by atoms with Crippen molar-refractivity contribution in [3.8, 4) is 0 Å². The Balaban J connectivity index is 1.68. The van der Waals surface area contributed by atoms with Crippen LogP contribution in [-0.4, -0.2) is 12.2 Å². The van der Waals surface area contributed by atoms with E-state index < -0.39 is 0 Å². The molecular weight excluding hydrogens is 172 g/mol. The second-order valence-corrected chi connectivity index (χ2v) is 5.54. The van der Waals surface area contributed by atoms with Gasteiger partial charge in [-0.15, -0.1) is 0 Å². The normalized spacial score (nSPS) is 48.0. The highest BCUT2D eigenvalue weighted by molar-refractivity contribution is 4.88. The minimum absolute atomic E-state index is 0.656. The monoisotopic (exact) mass is 194 g/mol. The summed E-state index contributed by atoms with van der Waals surface area (Å²) in [4.78, 5) is 0. The third-order valence-electron chi connectivity index (χ3n) is 4.63. The van der Waals surface area contributed by atoms with Crippen molar-refractivity contribution in [3.05, 3.63) is 0 Å². The van der Waals surface area contributed by atoms with E-state index in [1.165, 1.54) is 57.8 Å². The average Bonchev–Trinajstić information content (AvgIpc) is 2.26. The van der Waals surface area contributed by atoms with Crippen LogP contribution in [0.15, 0.2) is 0 Å². The largest absolute Gasteiger partial charge is 0.374 e. The third kappa shape index (κ3) is 1.60. The van der Waals surface area contributed by atoms with Crippen LogP contribution in [-0.2, 0) is 4.74 Å². The molecule has 3 aliphatic rings. The fourth-order valence-corrected chi connectivity index (χ4v) is 3.86. The average molecular weight is 194 g/mol. The lowest BCUT2D eigenvalue weighted by atomic mass is 9.72. The van der Waals surface area contributed by atoms with Crippen molar-refractivity contribution < 1.29 is 4.74 Å². The summed E-state index contributed by atoms with van der Waals surface area (Å²) >= 11 is 0. The van der Waals surface area contributed by atoms with Crippen molar-refractivity contribution in [2.75, 3.05) is 0 Å². The Morgan fingerprint density at radius 2 is 1.14 bits per heavy atom. The van der Waals surface area contributed by atoms with Crippen LogP contribution in [0.25, 0.3) is 0 Å². The molecule has 0 aromatic rings. The maximum atomic E-state index is 6.29. The maximum Gasteiger partial charge on any atom is 0.0607 e. The van der Waals surface area contributed by atoms with E-state index in [0.29, 0.717) is 12.2 Å². The lowest BCUT2D eigenvalue weighted by Gasteiger charge is -2.46. The van der Waals surface area contributed by atoms with Crippen LogP contribution in [0, 0.1) is 11.8 Å². The van der Waals surface area contributed by atoms with Crippen molar-refractivity contribution in [2.24, 2.45) is 11.8 Å². The summed E-state index contributed by atoms with van der Waals surface area (Å²) in [7, 11) is 0. The molecule has 0 aromatic carbocycles. The Bertz CT molecular complexity index is 159. The molecule has 1 aliphatic heterocycles. The Morgan fingerprint density at radius 3 is 1.71 bits per heavy atom. The summed E-state index contributed by atoms with van der Waals surface area (Å²) < 4.78 is 6.29. The smallest absolute Gasteiger partial charge is 0.0607 e. The van der Waals surface area contributed by atoms with Crippen LogP contribution in [0.2, 0.25) is 0 Å². The molecule has 0 amide bonds. The van der Waals surface area contributed by atoms with Crippen molar-refractivity contribution in [1.82, 2.24) is 0 Å². The molecule has 1 saturated heterocycles. The summed E-state index contributed by atoms with van der Waals surface area (Å²) in [5.41, 5.74) is 0. The van der Waals surface area contributed by atoms with Crippen molar-refractivity contribution in [2.45, 2.75) is 70.0 Å². The SMILES string of the molecule is C1CC[C@H]2O[C@@H]3CCCC[C@H]3C[C@@H]2C1. The van der Waals surface area contributed by atoms with E-state index in [-0.39, 0.29) is 0 Å². The lowest BCUT2D eigenvalue weighted by Crippen LogP contribution is -2.43. The Hall–Kier alpha value is -0.0400. The van der Waals surface area contributed by atoms with E-state index in [2.05, 4.69) is 0 Å². The zero-order valence-corrected chi connectivity index (χ0v) is 9.08. The van der Waals surface area contributed by atoms with E-state index >= 15 is 0 Å². The van der Waals surface area contributed by atoms with Gasteiger partial charge in [-0.25, -0.2) is 0 Å². The number of hydrogen-bond acceptors (Lipinski definition) is 1. The number of fused-ring (bicyclic) bond motifs is 2. The van der Waals surface area contributed by atoms with Crippen LogP contribution < -0.4 is 0 Å². The fraction of sp³-hybridized carbons (Fsp3) is 1.00. The summed E-state index contributed by atoms with van der Waals surface area (Å²) in [5, 5.41) is 0. The van der Waals surface area contributed by atoms with Crippen LogP contribution in [0.5, 0.6) is 0 Å². The first kappa shape index (κ1) is 9.21. The fourth-order valence-electron chi connectivity index (χ4n) is 3.86. The zero-order valence-electron chi connectivity index (χ0n) is 9.08. The van der Waals surface area contributed by atoms with Gasteiger partial charge in [0.1, 0.15) is 0 Å². The van der Waals surface area contributed by atoms with Gasteiger partial charge in [0.2, 0.25) is 0 Å². The molecule has 80 valence electrons. The van der Waals surface area contributed by atoms with Gasteiger partial charge in [0.05, 0.1) is 12.2 Å². The second kappa shape index (κ2) is 3.84. The lowest BCUT2D eigenvalue weighted by molar-refractivity contribution is -0.140. The molecule has 1 nitrogen and oxygen atoms in total. The van der Waals surface area contributed by atoms with Crippen LogP contribution >= 0.6 is 0 Å². The van der Waals surface area contributed by atoms with Crippen LogP contribution in [0.4, 0.5) is 0 Å². The third-order valence-corrected chi connectivity index (χ3v) is 4.63. The van der Waals surface area contributed by atoms with Gasteiger partial charge in [0.15, 0.2) is 0 Å². The molecule has 1 heterocycles. The topological polar surface area (TPSA) is 9.23 Å². The minimum atomic E-state index is 0.656. The highest BCUT2D eigenvalue weighted by Crippen LogP contribution is 2.43. The summed E-state index contributed by atoms with van der Waals surface area (Å²) in [6.07, 6.45) is 14.2. The van der Waals surface area contributed by atoms with Gasteiger partial charge < -0.3 is 4.74 Å². The zero-order chi connectivity index (χ0) is 9.38. The number of ether oxygens (including phenoxy) is 1. The van der Waals surface area contributed by atoms with Crippen molar-refractivity contribution in [3.63, 3.8) is 0 Å². The van der Waals surface area contributed by atoms with Gasteiger partial charge in [0, 0.05) is 0 Å². The Morgan fingerprint density at radius 1 is 0.643 bits per heavy atom. The van der Waals surface area contributed by atoms with Gasteiger partial charge in [-0.05, 0) is 43.9 Å². The molecule has 0 N–H and O–H groups in total. The van der Waals surface area contributed by atoms with Gasteiger partial charge in [-0.3, -0.25) is 0 Å². The molecule has 2 aliphatic carbocycles. The molecule has 4 atom stereocenters. The number of rotatable bonds is 0. The highest BCUT2D eigenvalue weighted by atomic mass is 16.5. The van der Waals surface area contributed by atoms with Gasteiger partial charge in [-0.1, -0.05) is 25.7 Å². The van der Waals surface area contributed by atoms with Gasteiger partial charge in [0.25, 0.3) is 0 Å². The predicted molar refractivity (Wildman–Crippen MR) is 57.2 cm³/mol. The molecule has 2 saturated carbocycles. The Kier molecular flexibility index (Phi) is 2.53. The second-order valence-electron chi connectivity index (χ2n) is 5.54. The quantitative estimate of drug-likeness (QED) is 0.573. The molecular formula is C13H22O. The summed E-state index contributed by atoms with van der Waals surface area (Å²) in [6, 6.07) is 0. The predicted octanol–water partition coefficient (Wildman–Crippen LogP) is 3.52. The van der Waals surface area contributed by atoms with Gasteiger partial charge >= 0.3 is 0 Å². The Labute approximate surface area is 87.2 Å². The summed E-state index contributed by atoms with van der Waals surface area (Å²) in [5.74, 6) is 1.87.